The highest BCUT2D eigenvalue weighted by Crippen LogP contribution is 2.38. The Bertz CT molecular complexity index is 955. The number of carbonyl (C=O) groups is 2. The summed E-state index contributed by atoms with van der Waals surface area (Å²) in [4.78, 5) is 26.6. The molecule has 0 aromatic heterocycles. The van der Waals surface area contributed by atoms with Crippen LogP contribution < -0.4 is 14.2 Å². The van der Waals surface area contributed by atoms with E-state index in [9.17, 15) is 9.59 Å². The highest BCUT2D eigenvalue weighted by atomic mass is 16.5. The summed E-state index contributed by atoms with van der Waals surface area (Å²) in [6.07, 6.45) is 4.55. The predicted molar refractivity (Wildman–Crippen MR) is 116 cm³/mol. The number of ether oxygens (including phenoxy) is 4. The first-order chi connectivity index (χ1) is 15.1. The first-order valence-corrected chi connectivity index (χ1v) is 10.1. The standard InChI is InChI=1S/C24H27NO6/c1-28-18-11-12-22(30-3)19(15-18)20-8-6-14-25(20)23(26)16-31-24(27)13-10-17-7-4-5-9-21(17)29-2/h4-5,7,9-13,15,20H,6,8,14,16H2,1-3H3/b13-10+/t20-/m0/s1. The Hall–Kier alpha value is -3.48. The van der Waals surface area contributed by atoms with Gasteiger partial charge in [-0.25, -0.2) is 4.79 Å². The van der Waals surface area contributed by atoms with Crippen LogP contribution in [0.1, 0.15) is 30.0 Å². The number of rotatable bonds is 8. The maximum Gasteiger partial charge on any atom is 0.331 e. The number of hydrogen-bond acceptors (Lipinski definition) is 6. The molecule has 7 nitrogen and oxygen atoms in total. The maximum atomic E-state index is 12.8. The van der Waals surface area contributed by atoms with Crippen LogP contribution in [0.5, 0.6) is 17.2 Å². The second-order valence-electron chi connectivity index (χ2n) is 7.04. The van der Waals surface area contributed by atoms with Gasteiger partial charge < -0.3 is 23.8 Å². The fraction of sp³-hybridized carbons (Fsp3) is 0.333. The van der Waals surface area contributed by atoms with E-state index < -0.39 is 5.97 Å². The lowest BCUT2D eigenvalue weighted by molar-refractivity contribution is -0.148. The topological polar surface area (TPSA) is 74.3 Å². The normalized spacial score (nSPS) is 15.7. The summed E-state index contributed by atoms with van der Waals surface area (Å²) in [5.41, 5.74) is 1.63. The van der Waals surface area contributed by atoms with Crippen molar-refractivity contribution in [2.24, 2.45) is 0 Å². The Balaban J connectivity index is 1.64. The quantitative estimate of drug-likeness (QED) is 0.475. The molecule has 1 aliphatic heterocycles. The maximum absolute atomic E-state index is 12.8. The summed E-state index contributed by atoms with van der Waals surface area (Å²) in [6.45, 7) is 0.274. The van der Waals surface area contributed by atoms with Crippen molar-refractivity contribution in [3.05, 3.63) is 59.7 Å². The van der Waals surface area contributed by atoms with Crippen molar-refractivity contribution < 1.29 is 28.5 Å². The zero-order chi connectivity index (χ0) is 22.2. The molecule has 0 radical (unpaired) electrons. The Labute approximate surface area is 182 Å². The third kappa shape index (κ3) is 5.36. The minimum absolute atomic E-state index is 0.152. The summed E-state index contributed by atoms with van der Waals surface area (Å²) in [5, 5.41) is 0. The molecule has 1 saturated heterocycles. The van der Waals surface area contributed by atoms with Gasteiger partial charge in [-0.1, -0.05) is 18.2 Å². The van der Waals surface area contributed by atoms with Gasteiger partial charge in [0.25, 0.3) is 5.91 Å². The molecule has 2 aromatic rings. The van der Waals surface area contributed by atoms with Gasteiger partial charge in [0.05, 0.1) is 27.4 Å². The Morgan fingerprint density at radius 3 is 2.55 bits per heavy atom. The largest absolute Gasteiger partial charge is 0.497 e. The van der Waals surface area contributed by atoms with E-state index in [1.165, 1.54) is 6.08 Å². The van der Waals surface area contributed by atoms with Crippen LogP contribution in [0.4, 0.5) is 0 Å². The van der Waals surface area contributed by atoms with E-state index in [0.717, 1.165) is 24.0 Å². The number of esters is 1. The second-order valence-corrected chi connectivity index (χ2v) is 7.04. The minimum Gasteiger partial charge on any atom is -0.497 e. The van der Waals surface area contributed by atoms with E-state index in [2.05, 4.69) is 0 Å². The SMILES string of the molecule is COc1ccc(OC)c([C@@H]2CCCN2C(=O)COC(=O)/C=C/c2ccccc2OC)c1. The van der Waals surface area contributed by atoms with Gasteiger partial charge in [-0.15, -0.1) is 0 Å². The van der Waals surface area contributed by atoms with Gasteiger partial charge in [0.15, 0.2) is 6.61 Å². The third-order valence-corrected chi connectivity index (χ3v) is 5.24. The van der Waals surface area contributed by atoms with Crippen molar-refractivity contribution in [1.82, 2.24) is 4.90 Å². The monoisotopic (exact) mass is 425 g/mol. The summed E-state index contributed by atoms with van der Waals surface area (Å²) < 4.78 is 21.2. The summed E-state index contributed by atoms with van der Waals surface area (Å²) in [6, 6.07) is 12.7. The zero-order valence-corrected chi connectivity index (χ0v) is 18.0. The van der Waals surface area contributed by atoms with Gasteiger partial charge in [0, 0.05) is 23.7 Å². The second kappa shape index (κ2) is 10.5. The van der Waals surface area contributed by atoms with Crippen LogP contribution in [0.3, 0.4) is 0 Å². The minimum atomic E-state index is -0.589. The Kier molecular flexibility index (Phi) is 7.54. The fourth-order valence-corrected chi connectivity index (χ4v) is 3.71. The van der Waals surface area contributed by atoms with Crippen LogP contribution in [-0.2, 0) is 14.3 Å². The fourth-order valence-electron chi connectivity index (χ4n) is 3.71. The first kappa shape index (κ1) is 22.2. The van der Waals surface area contributed by atoms with E-state index in [-0.39, 0.29) is 18.6 Å². The van der Waals surface area contributed by atoms with Crippen LogP contribution >= 0.6 is 0 Å². The number of nitrogens with zero attached hydrogens (tertiary/aromatic N) is 1. The van der Waals surface area contributed by atoms with Crippen molar-refractivity contribution in [2.75, 3.05) is 34.5 Å². The van der Waals surface area contributed by atoms with E-state index >= 15 is 0 Å². The number of methoxy groups -OCH3 is 3. The molecule has 31 heavy (non-hydrogen) atoms. The van der Waals surface area contributed by atoms with Gasteiger partial charge in [-0.05, 0) is 43.2 Å². The first-order valence-electron chi connectivity index (χ1n) is 10.1. The van der Waals surface area contributed by atoms with E-state index in [4.69, 9.17) is 18.9 Å². The zero-order valence-electron chi connectivity index (χ0n) is 18.0. The molecule has 1 atom stereocenters. The molecule has 0 aliphatic carbocycles. The van der Waals surface area contributed by atoms with E-state index in [0.29, 0.717) is 23.8 Å². The molecule has 1 amide bonds. The average Bonchev–Trinajstić information content (AvgIpc) is 3.30. The molecule has 2 aromatic carbocycles. The molecule has 1 heterocycles. The van der Waals surface area contributed by atoms with Crippen molar-refractivity contribution in [3.63, 3.8) is 0 Å². The van der Waals surface area contributed by atoms with Crippen LogP contribution in [0.15, 0.2) is 48.5 Å². The van der Waals surface area contributed by atoms with Gasteiger partial charge >= 0.3 is 5.97 Å². The molecule has 1 aliphatic rings. The lowest BCUT2D eigenvalue weighted by Gasteiger charge is -2.26. The molecule has 0 spiro atoms. The van der Waals surface area contributed by atoms with Gasteiger partial charge in [0.2, 0.25) is 0 Å². The van der Waals surface area contributed by atoms with Gasteiger partial charge in [-0.2, -0.15) is 0 Å². The smallest absolute Gasteiger partial charge is 0.331 e. The van der Waals surface area contributed by atoms with Gasteiger partial charge in [-0.3, -0.25) is 4.79 Å². The highest BCUT2D eigenvalue weighted by Gasteiger charge is 2.32. The van der Waals surface area contributed by atoms with Crippen LogP contribution in [-0.4, -0.2) is 51.3 Å². The van der Waals surface area contributed by atoms with Crippen LogP contribution in [0.2, 0.25) is 0 Å². The molecule has 0 N–H and O–H groups in total. The summed E-state index contributed by atoms with van der Waals surface area (Å²) in [5.74, 6) is 1.21. The number of para-hydroxylation sites is 1. The summed E-state index contributed by atoms with van der Waals surface area (Å²) in [7, 11) is 4.76. The summed E-state index contributed by atoms with van der Waals surface area (Å²) >= 11 is 0. The lowest BCUT2D eigenvalue weighted by atomic mass is 10.0. The number of hydrogen-bond donors (Lipinski definition) is 0. The lowest BCUT2D eigenvalue weighted by Crippen LogP contribution is -2.34. The molecule has 164 valence electrons. The Morgan fingerprint density at radius 1 is 1.03 bits per heavy atom. The number of amides is 1. The van der Waals surface area contributed by atoms with Crippen LogP contribution in [0.25, 0.3) is 6.08 Å². The molecule has 0 bridgehead atoms. The molecule has 3 rings (SSSR count). The van der Waals surface area contributed by atoms with Crippen molar-refractivity contribution in [2.45, 2.75) is 18.9 Å². The molecular weight excluding hydrogens is 398 g/mol. The molecule has 1 fully saturated rings. The molecule has 0 unspecified atom stereocenters. The van der Waals surface area contributed by atoms with E-state index in [1.807, 2.05) is 36.4 Å². The van der Waals surface area contributed by atoms with Crippen LogP contribution in [0, 0.1) is 0 Å². The third-order valence-electron chi connectivity index (χ3n) is 5.24. The molecule has 7 heteroatoms. The van der Waals surface area contributed by atoms with Crippen molar-refractivity contribution in [3.8, 4) is 17.2 Å². The predicted octanol–water partition coefficient (Wildman–Crippen LogP) is 3.63. The average molecular weight is 425 g/mol. The molecular formula is C24H27NO6. The highest BCUT2D eigenvalue weighted by molar-refractivity contribution is 5.89. The Morgan fingerprint density at radius 2 is 1.81 bits per heavy atom. The number of carbonyl (C=O) groups excluding carboxylic acids is 2. The molecule has 0 saturated carbocycles. The number of benzene rings is 2. The van der Waals surface area contributed by atoms with Crippen molar-refractivity contribution >= 4 is 18.0 Å². The van der Waals surface area contributed by atoms with E-state index in [1.54, 1.807) is 38.4 Å². The van der Waals surface area contributed by atoms with Crippen molar-refractivity contribution in [1.29, 1.82) is 0 Å². The number of likely N-dealkylation sites (tertiary alicyclic amines) is 1. The van der Waals surface area contributed by atoms with Gasteiger partial charge in [0.1, 0.15) is 17.2 Å².